The minimum atomic E-state index is -0.284. The molecule has 0 aromatic carbocycles. The van der Waals surface area contributed by atoms with Crippen molar-refractivity contribution in [3.63, 3.8) is 0 Å². The minimum Gasteiger partial charge on any atom is -0.366 e. The van der Waals surface area contributed by atoms with Crippen LogP contribution < -0.4 is 5.32 Å². The highest BCUT2D eigenvalue weighted by molar-refractivity contribution is 5.85. The second-order valence-corrected chi connectivity index (χ2v) is 5.05. The quantitative estimate of drug-likeness (QED) is 0.769. The Hall–Kier alpha value is -0.360. The molecule has 2 heterocycles. The molecule has 18 heavy (non-hydrogen) atoms. The van der Waals surface area contributed by atoms with Gasteiger partial charge >= 0.3 is 0 Å². The SMILES string of the molecule is CN1CCC(N(C)C(=O)C2CNCCO2)CC1.Cl. The van der Waals surface area contributed by atoms with Crippen LogP contribution in [0.4, 0.5) is 0 Å². The van der Waals surface area contributed by atoms with Crippen LogP contribution in [0, 0.1) is 0 Å². The summed E-state index contributed by atoms with van der Waals surface area (Å²) in [6, 6.07) is 0.379. The highest BCUT2D eigenvalue weighted by Crippen LogP contribution is 2.15. The summed E-state index contributed by atoms with van der Waals surface area (Å²) in [5, 5.41) is 3.20. The van der Waals surface area contributed by atoms with Gasteiger partial charge in [0.05, 0.1) is 6.61 Å². The highest BCUT2D eigenvalue weighted by atomic mass is 35.5. The molecule has 2 aliphatic heterocycles. The molecule has 2 saturated heterocycles. The van der Waals surface area contributed by atoms with Crippen molar-refractivity contribution in [1.29, 1.82) is 0 Å². The fourth-order valence-electron chi connectivity index (χ4n) is 2.51. The van der Waals surface area contributed by atoms with Crippen molar-refractivity contribution in [1.82, 2.24) is 15.1 Å². The zero-order valence-corrected chi connectivity index (χ0v) is 12.0. The van der Waals surface area contributed by atoms with Gasteiger partial charge in [-0.25, -0.2) is 0 Å². The third-order valence-corrected chi connectivity index (χ3v) is 3.79. The van der Waals surface area contributed by atoms with Gasteiger partial charge in [-0.1, -0.05) is 0 Å². The van der Waals surface area contributed by atoms with Crippen LogP contribution in [-0.4, -0.2) is 74.7 Å². The van der Waals surface area contributed by atoms with E-state index in [1.807, 2.05) is 11.9 Å². The van der Waals surface area contributed by atoms with Crippen molar-refractivity contribution in [2.45, 2.75) is 25.0 Å². The third kappa shape index (κ3) is 3.82. The number of amides is 1. The average Bonchev–Trinajstić information content (AvgIpc) is 2.39. The monoisotopic (exact) mass is 277 g/mol. The molecule has 0 aromatic heterocycles. The van der Waals surface area contributed by atoms with E-state index in [0.717, 1.165) is 32.5 Å². The number of likely N-dealkylation sites (N-methyl/N-ethyl adjacent to an activating group) is 1. The standard InChI is InChI=1S/C12H23N3O2.ClH/c1-14-6-3-10(4-7-14)15(2)12(16)11-9-13-5-8-17-11;/h10-11,13H,3-9H2,1-2H3;1H. The van der Waals surface area contributed by atoms with Gasteiger partial charge in [0.25, 0.3) is 5.91 Å². The van der Waals surface area contributed by atoms with Crippen LogP contribution in [0.1, 0.15) is 12.8 Å². The number of ether oxygens (including phenoxy) is 1. The minimum absolute atomic E-state index is 0. The molecule has 2 rings (SSSR count). The van der Waals surface area contributed by atoms with Gasteiger partial charge in [-0.2, -0.15) is 0 Å². The van der Waals surface area contributed by atoms with Gasteiger partial charge in [-0.15, -0.1) is 12.4 Å². The van der Waals surface area contributed by atoms with Crippen molar-refractivity contribution in [3.8, 4) is 0 Å². The van der Waals surface area contributed by atoms with E-state index in [9.17, 15) is 4.79 Å². The maximum absolute atomic E-state index is 12.2. The Bertz CT molecular complexity index is 264. The van der Waals surface area contributed by atoms with Crippen molar-refractivity contribution in [2.24, 2.45) is 0 Å². The summed E-state index contributed by atoms with van der Waals surface area (Å²) in [5.74, 6) is 0.131. The number of hydrogen-bond donors (Lipinski definition) is 1. The fourth-order valence-corrected chi connectivity index (χ4v) is 2.51. The summed E-state index contributed by atoms with van der Waals surface area (Å²) in [6.45, 7) is 4.29. The molecule has 1 N–H and O–H groups in total. The molecule has 0 saturated carbocycles. The first-order valence-electron chi connectivity index (χ1n) is 6.46. The van der Waals surface area contributed by atoms with E-state index in [1.54, 1.807) is 0 Å². The van der Waals surface area contributed by atoms with Crippen molar-refractivity contribution < 1.29 is 9.53 Å². The highest BCUT2D eigenvalue weighted by Gasteiger charge is 2.30. The van der Waals surface area contributed by atoms with Crippen LogP contribution in [0.15, 0.2) is 0 Å². The smallest absolute Gasteiger partial charge is 0.253 e. The Morgan fingerprint density at radius 2 is 2.06 bits per heavy atom. The van der Waals surface area contributed by atoms with Gasteiger partial charge in [0.1, 0.15) is 6.10 Å². The predicted molar refractivity (Wildman–Crippen MR) is 73.1 cm³/mol. The Labute approximate surface area is 115 Å². The number of hydrogen-bond acceptors (Lipinski definition) is 4. The zero-order chi connectivity index (χ0) is 12.3. The number of carbonyl (C=O) groups is 1. The lowest BCUT2D eigenvalue weighted by Crippen LogP contribution is -2.52. The van der Waals surface area contributed by atoms with E-state index in [2.05, 4.69) is 17.3 Å². The normalized spacial score (nSPS) is 26.4. The lowest BCUT2D eigenvalue weighted by molar-refractivity contribution is -0.146. The van der Waals surface area contributed by atoms with Gasteiger partial charge < -0.3 is 19.9 Å². The molecule has 1 unspecified atom stereocenters. The summed E-state index contributed by atoms with van der Waals surface area (Å²) in [4.78, 5) is 16.4. The first-order chi connectivity index (χ1) is 8.18. The summed E-state index contributed by atoms with van der Waals surface area (Å²) in [6.07, 6.45) is 1.85. The van der Waals surface area contributed by atoms with Crippen LogP contribution in [-0.2, 0) is 9.53 Å². The largest absolute Gasteiger partial charge is 0.366 e. The van der Waals surface area contributed by atoms with Crippen LogP contribution in [0.5, 0.6) is 0 Å². The molecule has 1 atom stereocenters. The second kappa shape index (κ2) is 7.28. The number of nitrogens with zero attached hydrogens (tertiary/aromatic N) is 2. The molecule has 0 spiro atoms. The Morgan fingerprint density at radius 1 is 1.39 bits per heavy atom. The molecule has 6 heteroatoms. The van der Waals surface area contributed by atoms with Crippen LogP contribution in [0.3, 0.4) is 0 Å². The molecule has 106 valence electrons. The number of likely N-dealkylation sites (tertiary alicyclic amines) is 1. The maximum Gasteiger partial charge on any atom is 0.253 e. The van der Waals surface area contributed by atoms with Crippen LogP contribution in [0.2, 0.25) is 0 Å². The Kier molecular flexibility index (Phi) is 6.35. The molecule has 5 nitrogen and oxygen atoms in total. The summed E-state index contributed by atoms with van der Waals surface area (Å²) in [5.41, 5.74) is 0. The average molecular weight is 278 g/mol. The topological polar surface area (TPSA) is 44.8 Å². The fraction of sp³-hybridized carbons (Fsp3) is 0.917. The van der Waals surface area contributed by atoms with E-state index in [0.29, 0.717) is 19.2 Å². The molecule has 0 bridgehead atoms. The van der Waals surface area contributed by atoms with Crippen LogP contribution >= 0.6 is 12.4 Å². The van der Waals surface area contributed by atoms with Gasteiger partial charge in [0.2, 0.25) is 0 Å². The molecule has 0 radical (unpaired) electrons. The summed E-state index contributed by atoms with van der Waals surface area (Å²) in [7, 11) is 4.04. The molecule has 2 fully saturated rings. The zero-order valence-electron chi connectivity index (χ0n) is 11.2. The van der Waals surface area contributed by atoms with E-state index < -0.39 is 0 Å². The summed E-state index contributed by atoms with van der Waals surface area (Å²) < 4.78 is 5.51. The van der Waals surface area contributed by atoms with Crippen molar-refractivity contribution >= 4 is 18.3 Å². The Morgan fingerprint density at radius 3 is 2.61 bits per heavy atom. The predicted octanol–water partition coefficient (Wildman–Crippen LogP) is -0.0508. The number of nitrogens with one attached hydrogen (secondary N) is 1. The van der Waals surface area contributed by atoms with Crippen molar-refractivity contribution in [3.05, 3.63) is 0 Å². The van der Waals surface area contributed by atoms with E-state index in [-0.39, 0.29) is 24.4 Å². The molecule has 0 aliphatic carbocycles. The molecule has 1 amide bonds. The maximum atomic E-state index is 12.2. The first kappa shape index (κ1) is 15.7. The molecular weight excluding hydrogens is 254 g/mol. The number of morpholine rings is 1. The summed E-state index contributed by atoms with van der Waals surface area (Å²) >= 11 is 0. The van der Waals surface area contributed by atoms with Gasteiger partial charge in [0.15, 0.2) is 0 Å². The van der Waals surface area contributed by atoms with Crippen LogP contribution in [0.25, 0.3) is 0 Å². The van der Waals surface area contributed by atoms with E-state index >= 15 is 0 Å². The number of halogens is 1. The van der Waals surface area contributed by atoms with Crippen molar-refractivity contribution in [2.75, 3.05) is 46.9 Å². The number of rotatable bonds is 2. The Balaban J connectivity index is 0.00000162. The van der Waals surface area contributed by atoms with E-state index in [4.69, 9.17) is 4.74 Å². The van der Waals surface area contributed by atoms with Gasteiger partial charge in [0, 0.05) is 26.2 Å². The molecule has 0 aromatic rings. The lowest BCUT2D eigenvalue weighted by atomic mass is 10.0. The molecule has 2 aliphatic rings. The molecular formula is C12H24ClN3O2. The second-order valence-electron chi connectivity index (χ2n) is 5.05. The number of carbonyl (C=O) groups excluding carboxylic acids is 1. The third-order valence-electron chi connectivity index (χ3n) is 3.79. The number of piperidine rings is 1. The van der Waals surface area contributed by atoms with E-state index in [1.165, 1.54) is 0 Å². The first-order valence-corrected chi connectivity index (χ1v) is 6.46. The van der Waals surface area contributed by atoms with Gasteiger partial charge in [-0.05, 0) is 33.0 Å². The lowest BCUT2D eigenvalue weighted by Gasteiger charge is -2.37. The van der Waals surface area contributed by atoms with Gasteiger partial charge in [-0.3, -0.25) is 4.79 Å².